The highest BCUT2D eigenvalue weighted by atomic mass is 19.1. The molecule has 4 aliphatic carbocycles. The number of rotatable bonds is 2. The normalized spacial score (nSPS) is 48.9. The third-order valence-electron chi connectivity index (χ3n) is 9.07. The van der Waals surface area contributed by atoms with Crippen LogP contribution in [0.15, 0.2) is 0 Å². The quantitative estimate of drug-likeness (QED) is 0.642. The van der Waals surface area contributed by atoms with E-state index < -0.39 is 23.2 Å². The van der Waals surface area contributed by atoms with Gasteiger partial charge in [0.05, 0.1) is 0 Å². The number of esters is 2. The molecule has 8 atom stereocenters. The van der Waals surface area contributed by atoms with Crippen LogP contribution in [-0.2, 0) is 23.9 Å². The van der Waals surface area contributed by atoms with E-state index in [2.05, 4.69) is 6.92 Å². The van der Waals surface area contributed by atoms with Crippen LogP contribution in [0.1, 0.15) is 79.1 Å². The first-order chi connectivity index (χ1) is 13.5. The summed E-state index contributed by atoms with van der Waals surface area (Å²) >= 11 is 0. The zero-order valence-electron chi connectivity index (χ0n) is 18.0. The summed E-state index contributed by atoms with van der Waals surface area (Å²) in [5.74, 6) is -0.435. The van der Waals surface area contributed by atoms with Gasteiger partial charge < -0.3 is 9.47 Å². The summed E-state index contributed by atoms with van der Waals surface area (Å²) in [6, 6.07) is 0. The molecule has 4 saturated carbocycles. The Morgan fingerprint density at radius 1 is 0.966 bits per heavy atom. The molecule has 0 aromatic heterocycles. The Hall–Kier alpha value is -1.46. The summed E-state index contributed by atoms with van der Waals surface area (Å²) in [6.45, 7) is 6.93. The third kappa shape index (κ3) is 2.96. The van der Waals surface area contributed by atoms with Gasteiger partial charge in [-0.1, -0.05) is 13.8 Å². The molecule has 0 heterocycles. The summed E-state index contributed by atoms with van der Waals surface area (Å²) < 4.78 is 27.3. The summed E-state index contributed by atoms with van der Waals surface area (Å²) in [7, 11) is 0. The van der Waals surface area contributed by atoms with Crippen LogP contribution in [0.25, 0.3) is 0 Å². The topological polar surface area (TPSA) is 69.7 Å². The fourth-order valence-corrected chi connectivity index (χ4v) is 7.64. The Bertz CT molecular complexity index is 737. The number of halogens is 1. The van der Waals surface area contributed by atoms with Gasteiger partial charge in [0.25, 0.3) is 0 Å². The third-order valence-corrected chi connectivity index (χ3v) is 9.07. The molecule has 8 unspecified atom stereocenters. The van der Waals surface area contributed by atoms with Crippen LogP contribution in [0.3, 0.4) is 0 Å². The van der Waals surface area contributed by atoms with Crippen LogP contribution in [0.4, 0.5) is 4.39 Å². The lowest BCUT2D eigenvalue weighted by atomic mass is 9.43. The lowest BCUT2D eigenvalue weighted by molar-refractivity contribution is -0.199. The van der Waals surface area contributed by atoms with Crippen molar-refractivity contribution in [2.24, 2.45) is 28.6 Å². The van der Waals surface area contributed by atoms with Crippen molar-refractivity contribution in [1.29, 1.82) is 0 Å². The number of hydrogen-bond acceptors (Lipinski definition) is 5. The number of ketones is 1. The summed E-state index contributed by atoms with van der Waals surface area (Å²) in [5, 5.41) is 0. The van der Waals surface area contributed by atoms with Gasteiger partial charge in [-0.05, 0) is 56.3 Å². The second kappa shape index (κ2) is 6.78. The van der Waals surface area contributed by atoms with Crippen LogP contribution in [0.2, 0.25) is 0 Å². The first-order valence-electron chi connectivity index (χ1n) is 11.1. The largest absolute Gasteiger partial charge is 0.462 e. The van der Waals surface area contributed by atoms with Crippen molar-refractivity contribution >= 4 is 17.7 Å². The number of Topliss-reactive ketones (excluding diaryl/α,β-unsaturated/α-hetero) is 1. The van der Waals surface area contributed by atoms with Crippen molar-refractivity contribution in [2.45, 2.75) is 96.9 Å². The average molecular weight is 409 g/mol. The van der Waals surface area contributed by atoms with Gasteiger partial charge in [0.2, 0.25) is 0 Å². The van der Waals surface area contributed by atoms with Gasteiger partial charge in [-0.25, -0.2) is 4.39 Å². The van der Waals surface area contributed by atoms with Crippen LogP contribution in [-0.4, -0.2) is 35.6 Å². The van der Waals surface area contributed by atoms with Gasteiger partial charge in [0.15, 0.2) is 11.5 Å². The van der Waals surface area contributed by atoms with E-state index in [-0.39, 0.29) is 53.9 Å². The Balaban J connectivity index is 1.61. The van der Waals surface area contributed by atoms with E-state index in [1.165, 1.54) is 13.8 Å². The highest BCUT2D eigenvalue weighted by Gasteiger charge is 2.69. The zero-order valence-corrected chi connectivity index (χ0v) is 18.0. The Morgan fingerprint density at radius 2 is 1.66 bits per heavy atom. The van der Waals surface area contributed by atoms with Crippen molar-refractivity contribution in [2.75, 3.05) is 0 Å². The van der Waals surface area contributed by atoms with E-state index in [9.17, 15) is 14.4 Å². The SMILES string of the molecule is CC(=O)OC1CCC2(C)C3CCC4(C)C(OC(C)=O)CCC4C3CC(=O)C2(F)C1. The average Bonchev–Trinajstić information content (AvgIpc) is 2.93. The van der Waals surface area contributed by atoms with Gasteiger partial charge in [-0.2, -0.15) is 0 Å². The Morgan fingerprint density at radius 3 is 2.31 bits per heavy atom. The predicted octanol–water partition coefficient (Wildman–Crippen LogP) is 4.16. The van der Waals surface area contributed by atoms with Crippen LogP contribution < -0.4 is 0 Å². The van der Waals surface area contributed by atoms with E-state index in [1.54, 1.807) is 0 Å². The maximum absolute atomic E-state index is 16.3. The lowest BCUT2D eigenvalue weighted by Gasteiger charge is -2.61. The molecule has 0 aromatic rings. The minimum atomic E-state index is -1.92. The standard InChI is InChI=1S/C23H33FO5/c1-13(25)28-15-7-10-22(4)18-8-9-21(3)17(5-6-20(21)29-14(2)26)16(18)11-19(27)23(22,24)12-15/h15-18,20H,5-12H2,1-4H3. The van der Waals surface area contributed by atoms with Crippen LogP contribution in [0, 0.1) is 28.6 Å². The number of carbonyl (C=O) groups excluding carboxylic acids is 3. The van der Waals surface area contributed by atoms with Gasteiger partial charge in [0.1, 0.15) is 12.2 Å². The van der Waals surface area contributed by atoms with Gasteiger partial charge in [-0.15, -0.1) is 0 Å². The van der Waals surface area contributed by atoms with E-state index in [4.69, 9.17) is 9.47 Å². The second-order valence-electron chi connectivity index (χ2n) is 10.4. The maximum atomic E-state index is 16.3. The van der Waals surface area contributed by atoms with Gasteiger partial charge in [0, 0.05) is 37.5 Å². The minimum Gasteiger partial charge on any atom is -0.462 e. The first kappa shape index (κ1) is 20.8. The number of carbonyl (C=O) groups is 3. The molecule has 162 valence electrons. The molecule has 4 fully saturated rings. The Labute approximate surface area is 172 Å². The highest BCUT2D eigenvalue weighted by Crippen LogP contribution is 2.67. The van der Waals surface area contributed by atoms with Crippen molar-refractivity contribution in [3.8, 4) is 0 Å². The molecule has 6 heteroatoms. The number of ether oxygens (including phenoxy) is 2. The summed E-state index contributed by atoms with van der Waals surface area (Å²) in [4.78, 5) is 36.1. The van der Waals surface area contributed by atoms with Gasteiger partial charge >= 0.3 is 11.9 Å². The van der Waals surface area contributed by atoms with E-state index >= 15 is 4.39 Å². The molecule has 29 heavy (non-hydrogen) atoms. The maximum Gasteiger partial charge on any atom is 0.302 e. The van der Waals surface area contributed by atoms with Crippen molar-refractivity contribution in [1.82, 2.24) is 0 Å². The lowest BCUT2D eigenvalue weighted by Crippen LogP contribution is -2.65. The molecule has 0 amide bonds. The van der Waals surface area contributed by atoms with Gasteiger partial charge in [-0.3, -0.25) is 14.4 Å². The van der Waals surface area contributed by atoms with E-state index in [0.717, 1.165) is 25.7 Å². The van der Waals surface area contributed by atoms with Crippen LogP contribution in [0.5, 0.6) is 0 Å². The molecule has 0 N–H and O–H groups in total. The number of alkyl halides is 1. The van der Waals surface area contributed by atoms with Crippen LogP contribution >= 0.6 is 0 Å². The van der Waals surface area contributed by atoms with E-state index in [1.807, 2.05) is 6.92 Å². The molecule has 0 aliphatic heterocycles. The zero-order chi connectivity index (χ0) is 21.2. The first-order valence-corrected chi connectivity index (χ1v) is 11.1. The summed E-state index contributed by atoms with van der Waals surface area (Å²) in [6.07, 6.45) is 4.28. The highest BCUT2D eigenvalue weighted by molar-refractivity contribution is 5.90. The second-order valence-corrected chi connectivity index (χ2v) is 10.4. The predicted molar refractivity (Wildman–Crippen MR) is 104 cm³/mol. The monoisotopic (exact) mass is 408 g/mol. The number of fused-ring (bicyclic) bond motifs is 5. The molecule has 0 saturated heterocycles. The molecular formula is C23H33FO5. The molecule has 0 aromatic carbocycles. The smallest absolute Gasteiger partial charge is 0.302 e. The fourth-order valence-electron chi connectivity index (χ4n) is 7.64. The molecule has 0 bridgehead atoms. The van der Waals surface area contributed by atoms with E-state index in [0.29, 0.717) is 12.8 Å². The number of hydrogen-bond donors (Lipinski definition) is 0. The fraction of sp³-hybridized carbons (Fsp3) is 0.870. The molecule has 5 nitrogen and oxygen atoms in total. The molecule has 4 aliphatic rings. The molecule has 0 radical (unpaired) electrons. The Kier molecular flexibility index (Phi) is 4.86. The van der Waals surface area contributed by atoms with Crippen molar-refractivity contribution in [3.05, 3.63) is 0 Å². The molecule has 0 spiro atoms. The molecule has 4 rings (SSSR count). The summed E-state index contributed by atoms with van der Waals surface area (Å²) in [5.41, 5.74) is -2.77. The van der Waals surface area contributed by atoms with Crippen molar-refractivity contribution in [3.63, 3.8) is 0 Å². The minimum absolute atomic E-state index is 0.0108. The van der Waals surface area contributed by atoms with Crippen molar-refractivity contribution < 1.29 is 28.2 Å². The molecular weight excluding hydrogens is 375 g/mol.